The highest BCUT2D eigenvalue weighted by molar-refractivity contribution is 7.46. The van der Waals surface area contributed by atoms with Crippen LogP contribution in [0.1, 0.15) is 60.4 Å². The molecule has 6 nitrogen and oxygen atoms in total. The SMILES string of the molecule is N[C@]1(COP(=O)(O)O)CC[C@H](c2ccc3c(c2)CC[C@@H](CCc2ccccn2)C3)C1. The third-order valence-corrected chi connectivity index (χ3v) is 7.20. The standard InChI is InChI=1S/C23H31N2O4P/c24-23(16-29-30(26,27)28)11-10-21(15-23)20-8-7-18-13-17(4-6-19(18)14-20)5-9-22-3-1-2-12-25-22/h1-3,7-8,12,14,17,21H,4-6,9-11,13,15-16,24H2,(H2,26,27,28)/t17-,21-,23+/m0/s1. The first-order valence-corrected chi connectivity index (χ1v) is 12.3. The lowest BCUT2D eigenvalue weighted by Crippen LogP contribution is -2.41. The van der Waals surface area contributed by atoms with Crippen LogP contribution in [0, 0.1) is 5.92 Å². The zero-order chi connectivity index (χ0) is 21.2. The quantitative estimate of drug-likeness (QED) is 0.576. The summed E-state index contributed by atoms with van der Waals surface area (Å²) in [6.45, 7) is -0.101. The normalized spacial score (nSPS) is 26.5. The van der Waals surface area contributed by atoms with Gasteiger partial charge in [-0.15, -0.1) is 0 Å². The number of nitrogens with zero attached hydrogens (tertiary/aromatic N) is 1. The summed E-state index contributed by atoms with van der Waals surface area (Å²) in [5.74, 6) is 1.03. The van der Waals surface area contributed by atoms with Crippen LogP contribution < -0.4 is 5.73 Å². The number of aryl methyl sites for hydroxylation is 2. The second-order valence-corrected chi connectivity index (χ2v) is 10.3. The van der Waals surface area contributed by atoms with E-state index in [0.717, 1.165) is 25.7 Å². The minimum absolute atomic E-state index is 0.101. The van der Waals surface area contributed by atoms with Crippen molar-refractivity contribution in [3.63, 3.8) is 0 Å². The van der Waals surface area contributed by atoms with Gasteiger partial charge in [0.2, 0.25) is 0 Å². The molecule has 0 aliphatic heterocycles. The summed E-state index contributed by atoms with van der Waals surface area (Å²) in [6.07, 6.45) is 9.86. The second-order valence-electron chi connectivity index (χ2n) is 9.06. The Morgan fingerprint density at radius 2 is 2.07 bits per heavy atom. The van der Waals surface area contributed by atoms with Crippen LogP contribution in [-0.4, -0.2) is 26.9 Å². The molecule has 0 spiro atoms. The molecular weight excluding hydrogens is 399 g/mol. The third kappa shape index (κ3) is 5.57. The molecule has 4 N–H and O–H groups in total. The molecular formula is C23H31N2O4P. The summed E-state index contributed by atoms with van der Waals surface area (Å²) in [6, 6.07) is 13.0. The average Bonchev–Trinajstić information content (AvgIpc) is 3.13. The molecule has 0 unspecified atom stereocenters. The first-order chi connectivity index (χ1) is 14.3. The molecule has 1 heterocycles. The maximum atomic E-state index is 11.0. The Labute approximate surface area is 178 Å². The highest BCUT2D eigenvalue weighted by Gasteiger charge is 2.38. The van der Waals surface area contributed by atoms with Crippen LogP contribution >= 0.6 is 7.82 Å². The molecule has 1 aromatic carbocycles. The Morgan fingerprint density at radius 3 is 2.83 bits per heavy atom. The van der Waals surface area contributed by atoms with E-state index in [9.17, 15) is 4.57 Å². The fourth-order valence-corrected chi connectivity index (χ4v) is 5.46. The number of fused-ring (bicyclic) bond motifs is 1. The van der Waals surface area contributed by atoms with Crippen molar-refractivity contribution in [3.05, 3.63) is 65.0 Å². The molecule has 0 radical (unpaired) electrons. The van der Waals surface area contributed by atoms with Crippen molar-refractivity contribution in [2.24, 2.45) is 11.7 Å². The first kappa shape index (κ1) is 21.7. The van der Waals surface area contributed by atoms with Crippen LogP contribution in [0.4, 0.5) is 0 Å². The van der Waals surface area contributed by atoms with Gasteiger partial charge in [0.05, 0.1) is 6.61 Å². The van der Waals surface area contributed by atoms with Gasteiger partial charge in [0.1, 0.15) is 0 Å². The Hall–Kier alpha value is -1.56. The number of phosphoric ester groups is 1. The predicted octanol–water partition coefficient (Wildman–Crippen LogP) is 3.89. The minimum atomic E-state index is -4.48. The van der Waals surface area contributed by atoms with Crippen LogP contribution in [0.25, 0.3) is 0 Å². The highest BCUT2D eigenvalue weighted by Crippen LogP contribution is 2.44. The maximum absolute atomic E-state index is 11.0. The second kappa shape index (κ2) is 8.89. The molecule has 1 saturated carbocycles. The Bertz CT molecular complexity index is 917. The largest absolute Gasteiger partial charge is 0.469 e. The number of rotatable bonds is 7. The van der Waals surface area contributed by atoms with Crippen molar-refractivity contribution in [2.75, 3.05) is 6.61 Å². The van der Waals surface area contributed by atoms with Gasteiger partial charge in [0.15, 0.2) is 0 Å². The van der Waals surface area contributed by atoms with Gasteiger partial charge in [0.25, 0.3) is 0 Å². The monoisotopic (exact) mass is 430 g/mol. The molecule has 30 heavy (non-hydrogen) atoms. The van der Waals surface area contributed by atoms with E-state index in [0.29, 0.717) is 24.7 Å². The van der Waals surface area contributed by atoms with Crippen LogP contribution in [0.15, 0.2) is 42.6 Å². The number of hydrogen-bond donors (Lipinski definition) is 3. The minimum Gasteiger partial charge on any atom is -0.323 e. The van der Waals surface area contributed by atoms with Gasteiger partial charge < -0.3 is 15.5 Å². The fourth-order valence-electron chi connectivity index (χ4n) is 5.03. The number of hydrogen-bond acceptors (Lipinski definition) is 4. The van der Waals surface area contributed by atoms with E-state index in [1.165, 1.54) is 35.2 Å². The van der Waals surface area contributed by atoms with Crippen LogP contribution in [0.5, 0.6) is 0 Å². The molecule has 0 amide bonds. The number of aromatic nitrogens is 1. The van der Waals surface area contributed by atoms with E-state index in [1.54, 1.807) is 0 Å². The lowest BCUT2D eigenvalue weighted by atomic mass is 9.79. The van der Waals surface area contributed by atoms with E-state index in [-0.39, 0.29) is 6.61 Å². The summed E-state index contributed by atoms with van der Waals surface area (Å²) in [7, 11) is -4.48. The van der Waals surface area contributed by atoms with Crippen molar-refractivity contribution in [1.29, 1.82) is 0 Å². The summed E-state index contributed by atoms with van der Waals surface area (Å²) in [5.41, 5.74) is 11.1. The van der Waals surface area contributed by atoms with Gasteiger partial charge in [-0.25, -0.2) is 4.57 Å². The average molecular weight is 430 g/mol. The van der Waals surface area contributed by atoms with Crippen LogP contribution in [0.3, 0.4) is 0 Å². The summed E-state index contributed by atoms with van der Waals surface area (Å²) in [5, 5.41) is 0. The smallest absolute Gasteiger partial charge is 0.323 e. The molecule has 0 bridgehead atoms. The Morgan fingerprint density at radius 1 is 1.20 bits per heavy atom. The van der Waals surface area contributed by atoms with Gasteiger partial charge in [-0.3, -0.25) is 9.51 Å². The van der Waals surface area contributed by atoms with E-state index < -0.39 is 13.4 Å². The van der Waals surface area contributed by atoms with E-state index in [1.807, 2.05) is 12.3 Å². The molecule has 2 aliphatic rings. The van der Waals surface area contributed by atoms with Gasteiger partial charge in [-0.2, -0.15) is 0 Å². The van der Waals surface area contributed by atoms with Crippen molar-refractivity contribution in [3.8, 4) is 0 Å². The van der Waals surface area contributed by atoms with Gasteiger partial charge in [-0.05, 0) is 92.0 Å². The lowest BCUT2D eigenvalue weighted by Gasteiger charge is -2.26. The molecule has 1 fully saturated rings. The number of pyridine rings is 1. The molecule has 2 aliphatic carbocycles. The molecule has 4 rings (SSSR count). The zero-order valence-electron chi connectivity index (χ0n) is 17.2. The van der Waals surface area contributed by atoms with E-state index in [2.05, 4.69) is 35.3 Å². The zero-order valence-corrected chi connectivity index (χ0v) is 18.1. The fraction of sp³-hybridized carbons (Fsp3) is 0.522. The summed E-state index contributed by atoms with van der Waals surface area (Å²) >= 11 is 0. The number of nitrogens with two attached hydrogens (primary N) is 1. The maximum Gasteiger partial charge on any atom is 0.469 e. The van der Waals surface area contributed by atoms with Crippen molar-refractivity contribution >= 4 is 7.82 Å². The van der Waals surface area contributed by atoms with Crippen molar-refractivity contribution < 1.29 is 18.9 Å². The number of benzene rings is 1. The number of phosphoric acid groups is 1. The van der Waals surface area contributed by atoms with Gasteiger partial charge in [0, 0.05) is 17.4 Å². The van der Waals surface area contributed by atoms with Gasteiger partial charge in [-0.1, -0.05) is 24.3 Å². The summed E-state index contributed by atoms with van der Waals surface area (Å²) in [4.78, 5) is 22.4. The Kier molecular flexibility index (Phi) is 6.42. The van der Waals surface area contributed by atoms with Gasteiger partial charge >= 0.3 is 7.82 Å². The Balaban J connectivity index is 1.34. The topological polar surface area (TPSA) is 106 Å². The van der Waals surface area contributed by atoms with Crippen molar-refractivity contribution in [2.45, 2.75) is 62.8 Å². The molecule has 2 aromatic rings. The van der Waals surface area contributed by atoms with E-state index in [4.69, 9.17) is 20.0 Å². The first-order valence-electron chi connectivity index (χ1n) is 10.8. The van der Waals surface area contributed by atoms with Crippen molar-refractivity contribution in [1.82, 2.24) is 4.98 Å². The molecule has 162 valence electrons. The highest BCUT2D eigenvalue weighted by atomic mass is 31.2. The van der Waals surface area contributed by atoms with E-state index >= 15 is 0 Å². The van der Waals surface area contributed by atoms with Crippen LogP contribution in [0.2, 0.25) is 0 Å². The predicted molar refractivity (Wildman–Crippen MR) is 116 cm³/mol. The lowest BCUT2D eigenvalue weighted by molar-refractivity contribution is 0.153. The molecule has 3 atom stereocenters. The molecule has 0 saturated heterocycles. The molecule has 7 heteroatoms. The summed E-state index contributed by atoms with van der Waals surface area (Å²) < 4.78 is 15.7. The molecule has 1 aromatic heterocycles. The third-order valence-electron chi connectivity index (χ3n) is 6.73. The van der Waals surface area contributed by atoms with Crippen LogP contribution in [-0.2, 0) is 28.4 Å².